The van der Waals surface area contributed by atoms with Gasteiger partial charge in [0.25, 0.3) is 0 Å². The molecule has 3 nitrogen and oxygen atoms in total. The summed E-state index contributed by atoms with van der Waals surface area (Å²) in [6.07, 6.45) is 6.86. The fourth-order valence-corrected chi connectivity index (χ4v) is 2.03. The first-order valence-electron chi connectivity index (χ1n) is 5.23. The molecular weight excluding hydrogens is 150 g/mol. The van der Waals surface area contributed by atoms with Gasteiger partial charge in [-0.3, -0.25) is 0 Å². The minimum absolute atomic E-state index is 1.16. The Morgan fingerprint density at radius 3 is 2.17 bits per heavy atom. The quantitative estimate of drug-likeness (QED) is 0.631. The summed E-state index contributed by atoms with van der Waals surface area (Å²) in [5.74, 6) is 0. The van der Waals surface area contributed by atoms with Gasteiger partial charge in [-0.1, -0.05) is 6.42 Å². The second-order valence-electron chi connectivity index (χ2n) is 3.75. The zero-order chi connectivity index (χ0) is 8.23. The van der Waals surface area contributed by atoms with E-state index < -0.39 is 0 Å². The lowest BCUT2D eigenvalue weighted by Crippen LogP contribution is -2.55. The maximum Gasteiger partial charge on any atom is 0.0291 e. The molecule has 0 aromatic heterocycles. The maximum atomic E-state index is 3.45. The van der Waals surface area contributed by atoms with Crippen molar-refractivity contribution in [1.82, 2.24) is 15.6 Å². The Bertz CT molecular complexity index is 110. The zero-order valence-electron chi connectivity index (χ0n) is 7.76. The Balaban J connectivity index is 1.80. The largest absolute Gasteiger partial charge is 0.241 e. The van der Waals surface area contributed by atoms with Gasteiger partial charge in [-0.05, 0) is 25.7 Å². The molecule has 2 aliphatic rings. The minimum atomic E-state index is 1.16. The molecule has 2 saturated heterocycles. The van der Waals surface area contributed by atoms with Gasteiger partial charge in [0, 0.05) is 26.2 Å². The Morgan fingerprint density at radius 1 is 0.750 bits per heavy atom. The fraction of sp³-hybridized carbons (Fsp3) is 1.00. The molecule has 0 amide bonds. The van der Waals surface area contributed by atoms with Gasteiger partial charge in [0.15, 0.2) is 0 Å². The lowest BCUT2D eigenvalue weighted by atomic mass is 10.2. The molecular formula is C9H19N3. The molecule has 0 bridgehead atoms. The van der Waals surface area contributed by atoms with Crippen molar-refractivity contribution in [3.63, 3.8) is 0 Å². The first kappa shape index (κ1) is 8.48. The van der Waals surface area contributed by atoms with Crippen LogP contribution in [0.25, 0.3) is 0 Å². The van der Waals surface area contributed by atoms with Crippen LogP contribution in [0.2, 0.25) is 0 Å². The van der Waals surface area contributed by atoms with E-state index in [0.29, 0.717) is 0 Å². The van der Waals surface area contributed by atoms with E-state index in [9.17, 15) is 0 Å². The van der Waals surface area contributed by atoms with Gasteiger partial charge >= 0.3 is 0 Å². The third-order valence-electron chi connectivity index (χ3n) is 2.76. The van der Waals surface area contributed by atoms with E-state index in [4.69, 9.17) is 0 Å². The van der Waals surface area contributed by atoms with E-state index in [1.807, 2.05) is 0 Å². The van der Waals surface area contributed by atoms with Crippen molar-refractivity contribution in [1.29, 1.82) is 0 Å². The summed E-state index contributed by atoms with van der Waals surface area (Å²) in [6.45, 7) is 4.89. The van der Waals surface area contributed by atoms with Crippen LogP contribution in [0.1, 0.15) is 32.1 Å². The number of hydrogen-bond donors (Lipinski definition) is 1. The Labute approximate surface area is 74.7 Å². The third kappa shape index (κ3) is 1.97. The van der Waals surface area contributed by atoms with Crippen LogP contribution in [0, 0.1) is 0 Å². The van der Waals surface area contributed by atoms with Crippen LogP contribution in [-0.4, -0.2) is 36.3 Å². The number of nitrogens with zero attached hydrogens (tertiary/aromatic N) is 2. The van der Waals surface area contributed by atoms with Crippen LogP contribution in [0.3, 0.4) is 0 Å². The smallest absolute Gasteiger partial charge is 0.0291 e. The second kappa shape index (κ2) is 4.21. The number of piperidine rings is 1. The molecule has 0 unspecified atom stereocenters. The lowest BCUT2D eigenvalue weighted by Gasteiger charge is -2.39. The number of hydrazine groups is 2. The lowest BCUT2D eigenvalue weighted by molar-refractivity contribution is -0.0935. The molecule has 2 rings (SSSR count). The number of hydrogen-bond acceptors (Lipinski definition) is 3. The van der Waals surface area contributed by atoms with Crippen molar-refractivity contribution in [3.05, 3.63) is 0 Å². The predicted molar refractivity (Wildman–Crippen MR) is 49.4 cm³/mol. The Kier molecular flexibility index (Phi) is 2.98. The molecule has 0 aliphatic carbocycles. The van der Waals surface area contributed by atoms with Crippen LogP contribution >= 0.6 is 0 Å². The van der Waals surface area contributed by atoms with E-state index in [2.05, 4.69) is 15.6 Å². The average Bonchev–Trinajstić information content (AvgIpc) is 2.21. The minimum Gasteiger partial charge on any atom is -0.241 e. The molecule has 3 heteroatoms. The van der Waals surface area contributed by atoms with Crippen molar-refractivity contribution in [3.8, 4) is 0 Å². The summed E-state index contributed by atoms with van der Waals surface area (Å²) in [4.78, 5) is 0. The van der Waals surface area contributed by atoms with Gasteiger partial charge in [-0.2, -0.15) is 5.12 Å². The van der Waals surface area contributed by atoms with Crippen LogP contribution in [0.4, 0.5) is 0 Å². The van der Waals surface area contributed by atoms with Gasteiger partial charge in [-0.25, -0.2) is 10.4 Å². The summed E-state index contributed by atoms with van der Waals surface area (Å²) in [5.41, 5.74) is 3.45. The normalized spacial score (nSPS) is 29.0. The third-order valence-corrected chi connectivity index (χ3v) is 2.76. The SMILES string of the molecule is C1CCN(N2CCCCN2)CC1. The molecule has 0 aromatic carbocycles. The van der Waals surface area contributed by atoms with Crippen molar-refractivity contribution >= 4 is 0 Å². The highest BCUT2D eigenvalue weighted by atomic mass is 15.8. The zero-order valence-corrected chi connectivity index (χ0v) is 7.76. The molecule has 0 spiro atoms. The molecule has 12 heavy (non-hydrogen) atoms. The van der Waals surface area contributed by atoms with Gasteiger partial charge in [-0.15, -0.1) is 0 Å². The topological polar surface area (TPSA) is 18.5 Å². The highest BCUT2D eigenvalue weighted by Gasteiger charge is 2.19. The molecule has 70 valence electrons. The Morgan fingerprint density at radius 2 is 1.50 bits per heavy atom. The monoisotopic (exact) mass is 169 g/mol. The van der Waals surface area contributed by atoms with Gasteiger partial charge in [0.2, 0.25) is 0 Å². The van der Waals surface area contributed by atoms with Crippen molar-refractivity contribution in [2.75, 3.05) is 26.2 Å². The maximum absolute atomic E-state index is 3.45. The summed E-state index contributed by atoms with van der Waals surface area (Å²) >= 11 is 0. The summed E-state index contributed by atoms with van der Waals surface area (Å²) in [6, 6.07) is 0. The standard InChI is InChI=1S/C9H19N3/c1-3-7-11(8-4-1)12-9-5-2-6-10-12/h10H,1-9H2. The van der Waals surface area contributed by atoms with Crippen molar-refractivity contribution in [2.24, 2.45) is 0 Å². The molecule has 0 atom stereocenters. The van der Waals surface area contributed by atoms with Crippen LogP contribution in [0.5, 0.6) is 0 Å². The first-order valence-corrected chi connectivity index (χ1v) is 5.23. The van der Waals surface area contributed by atoms with Gasteiger partial charge < -0.3 is 0 Å². The molecule has 2 fully saturated rings. The molecule has 0 radical (unpaired) electrons. The van der Waals surface area contributed by atoms with Gasteiger partial charge in [0.1, 0.15) is 0 Å². The summed E-state index contributed by atoms with van der Waals surface area (Å²) in [7, 11) is 0. The van der Waals surface area contributed by atoms with E-state index in [1.165, 1.54) is 51.7 Å². The van der Waals surface area contributed by atoms with Gasteiger partial charge in [0.05, 0.1) is 0 Å². The second-order valence-corrected chi connectivity index (χ2v) is 3.75. The van der Waals surface area contributed by atoms with E-state index >= 15 is 0 Å². The van der Waals surface area contributed by atoms with Crippen LogP contribution in [0.15, 0.2) is 0 Å². The highest BCUT2D eigenvalue weighted by Crippen LogP contribution is 2.12. The molecule has 0 saturated carbocycles. The molecule has 2 aliphatic heterocycles. The molecule has 0 aromatic rings. The molecule has 2 heterocycles. The van der Waals surface area contributed by atoms with Crippen molar-refractivity contribution < 1.29 is 0 Å². The predicted octanol–water partition coefficient (Wildman–Crippen LogP) is 0.988. The number of nitrogens with one attached hydrogen (secondary N) is 1. The highest BCUT2D eigenvalue weighted by molar-refractivity contribution is 4.64. The van der Waals surface area contributed by atoms with E-state index in [0.717, 1.165) is 6.54 Å². The summed E-state index contributed by atoms with van der Waals surface area (Å²) in [5, 5.41) is 4.81. The van der Waals surface area contributed by atoms with E-state index in [-0.39, 0.29) is 0 Å². The fourth-order valence-electron chi connectivity index (χ4n) is 2.03. The van der Waals surface area contributed by atoms with E-state index in [1.54, 1.807) is 0 Å². The Hall–Kier alpha value is -0.120. The molecule has 1 N–H and O–H groups in total. The average molecular weight is 169 g/mol. The van der Waals surface area contributed by atoms with Crippen LogP contribution < -0.4 is 5.43 Å². The summed E-state index contributed by atoms with van der Waals surface area (Å²) < 4.78 is 0. The first-order chi connectivity index (χ1) is 5.97. The van der Waals surface area contributed by atoms with Crippen molar-refractivity contribution in [2.45, 2.75) is 32.1 Å². The number of rotatable bonds is 1. The van der Waals surface area contributed by atoms with Crippen LogP contribution in [-0.2, 0) is 0 Å².